The van der Waals surface area contributed by atoms with E-state index in [1.165, 1.54) is 4.70 Å². The summed E-state index contributed by atoms with van der Waals surface area (Å²) in [6, 6.07) is 6.65. The molecule has 3 nitrogen and oxygen atoms in total. The quantitative estimate of drug-likeness (QED) is 0.888. The Morgan fingerprint density at radius 3 is 2.74 bits per heavy atom. The predicted octanol–water partition coefficient (Wildman–Crippen LogP) is 4.06. The molecule has 0 aliphatic rings. The van der Waals surface area contributed by atoms with Crippen molar-refractivity contribution in [1.29, 1.82) is 0 Å². The number of halogens is 1. The zero-order valence-electron chi connectivity index (χ0n) is 11.8. The molecule has 1 N–H and O–H groups in total. The van der Waals surface area contributed by atoms with E-state index in [4.69, 9.17) is 0 Å². The first kappa shape index (κ1) is 14.8. The molecule has 0 amide bonds. The van der Waals surface area contributed by atoms with Crippen LogP contribution in [-0.4, -0.2) is 36.6 Å². The Kier molecular flexibility index (Phi) is 4.81. The van der Waals surface area contributed by atoms with Crippen molar-refractivity contribution in [2.24, 2.45) is 5.92 Å². The Hall–Kier alpha value is -0.650. The summed E-state index contributed by atoms with van der Waals surface area (Å²) in [5.74, 6) is 0.571. The second-order valence-corrected chi connectivity index (χ2v) is 7.33. The summed E-state index contributed by atoms with van der Waals surface area (Å²) < 4.78 is 2.30. The van der Waals surface area contributed by atoms with E-state index in [1.54, 1.807) is 11.3 Å². The number of hydrogen-bond acceptors (Lipinski definition) is 4. The Morgan fingerprint density at radius 1 is 1.37 bits per heavy atom. The third kappa shape index (κ3) is 3.91. The fraction of sp³-hybridized carbons (Fsp3) is 0.500. The number of benzene rings is 1. The third-order valence-corrected chi connectivity index (χ3v) is 4.49. The molecule has 5 heteroatoms. The van der Waals surface area contributed by atoms with Crippen LogP contribution in [0.3, 0.4) is 0 Å². The Morgan fingerprint density at radius 2 is 2.11 bits per heavy atom. The molecule has 19 heavy (non-hydrogen) atoms. The largest absolute Gasteiger partial charge is 0.357 e. The van der Waals surface area contributed by atoms with Crippen LogP contribution in [0.4, 0.5) is 5.13 Å². The highest BCUT2D eigenvalue weighted by atomic mass is 79.9. The molecule has 1 atom stereocenters. The number of nitrogens with one attached hydrogen (secondary N) is 1. The Labute approximate surface area is 127 Å². The van der Waals surface area contributed by atoms with Crippen LogP contribution in [0.2, 0.25) is 0 Å². The van der Waals surface area contributed by atoms with Crippen LogP contribution in [0.25, 0.3) is 10.2 Å². The van der Waals surface area contributed by atoms with E-state index in [9.17, 15) is 0 Å². The minimum atomic E-state index is 0.416. The number of hydrogen-bond donors (Lipinski definition) is 1. The summed E-state index contributed by atoms with van der Waals surface area (Å²) in [6.07, 6.45) is 0. The summed E-state index contributed by atoms with van der Waals surface area (Å²) in [7, 11) is 4.21. The van der Waals surface area contributed by atoms with Gasteiger partial charge in [0.25, 0.3) is 0 Å². The third-order valence-electron chi connectivity index (χ3n) is 3.03. The van der Waals surface area contributed by atoms with Gasteiger partial charge < -0.3 is 10.2 Å². The van der Waals surface area contributed by atoms with Gasteiger partial charge in [-0.1, -0.05) is 41.1 Å². The fourth-order valence-electron chi connectivity index (χ4n) is 1.94. The second kappa shape index (κ2) is 6.20. The first-order valence-corrected chi connectivity index (χ1v) is 8.04. The van der Waals surface area contributed by atoms with Crippen molar-refractivity contribution in [2.75, 3.05) is 26.0 Å². The van der Waals surface area contributed by atoms with Crippen LogP contribution in [0, 0.1) is 5.92 Å². The van der Waals surface area contributed by atoms with Crippen molar-refractivity contribution in [3.05, 3.63) is 22.7 Å². The van der Waals surface area contributed by atoms with Crippen molar-refractivity contribution in [3.63, 3.8) is 0 Å². The topological polar surface area (TPSA) is 28.2 Å². The van der Waals surface area contributed by atoms with Gasteiger partial charge in [-0.25, -0.2) is 4.98 Å². The van der Waals surface area contributed by atoms with E-state index in [0.29, 0.717) is 12.0 Å². The highest BCUT2D eigenvalue weighted by Gasteiger charge is 2.16. The smallest absolute Gasteiger partial charge is 0.184 e. The maximum absolute atomic E-state index is 4.66. The zero-order valence-corrected chi connectivity index (χ0v) is 14.2. The highest BCUT2D eigenvalue weighted by Crippen LogP contribution is 2.29. The van der Waals surface area contributed by atoms with E-state index in [2.05, 4.69) is 77.3 Å². The molecule has 0 saturated heterocycles. The van der Waals surface area contributed by atoms with Gasteiger partial charge in [0, 0.05) is 17.1 Å². The Bertz CT molecular complexity index is 551. The monoisotopic (exact) mass is 341 g/mol. The number of anilines is 1. The van der Waals surface area contributed by atoms with Gasteiger partial charge >= 0.3 is 0 Å². The molecule has 1 aromatic heterocycles. The first-order chi connectivity index (χ1) is 8.95. The molecule has 0 radical (unpaired) electrons. The van der Waals surface area contributed by atoms with Crippen LogP contribution in [-0.2, 0) is 0 Å². The van der Waals surface area contributed by atoms with E-state index < -0.39 is 0 Å². The average Bonchev–Trinajstić information content (AvgIpc) is 2.68. The highest BCUT2D eigenvalue weighted by molar-refractivity contribution is 9.10. The zero-order chi connectivity index (χ0) is 14.0. The van der Waals surface area contributed by atoms with Crippen molar-refractivity contribution in [2.45, 2.75) is 19.9 Å². The van der Waals surface area contributed by atoms with Crippen LogP contribution >= 0.6 is 27.3 Å². The second-order valence-electron chi connectivity index (χ2n) is 5.39. The van der Waals surface area contributed by atoms with Crippen molar-refractivity contribution < 1.29 is 0 Å². The van der Waals surface area contributed by atoms with E-state index in [1.807, 2.05) is 0 Å². The number of nitrogens with zero attached hydrogens (tertiary/aromatic N) is 2. The number of fused-ring (bicyclic) bond motifs is 1. The van der Waals surface area contributed by atoms with Crippen LogP contribution in [0.5, 0.6) is 0 Å². The first-order valence-electron chi connectivity index (χ1n) is 6.43. The molecule has 2 rings (SSSR count). The van der Waals surface area contributed by atoms with Gasteiger partial charge in [0.1, 0.15) is 0 Å². The van der Waals surface area contributed by atoms with Gasteiger partial charge in [-0.05, 0) is 38.2 Å². The minimum Gasteiger partial charge on any atom is -0.357 e. The summed E-state index contributed by atoms with van der Waals surface area (Å²) in [5.41, 5.74) is 1.05. The minimum absolute atomic E-state index is 0.416. The van der Waals surface area contributed by atoms with E-state index in [-0.39, 0.29) is 0 Å². The normalized spacial score (nSPS) is 13.4. The van der Waals surface area contributed by atoms with Gasteiger partial charge in [-0.3, -0.25) is 0 Å². The summed E-state index contributed by atoms with van der Waals surface area (Å²) in [5, 5.41) is 4.58. The molecule has 1 unspecified atom stereocenters. The molecule has 0 aliphatic carbocycles. The molecule has 0 saturated carbocycles. The van der Waals surface area contributed by atoms with Gasteiger partial charge in [0.05, 0.1) is 10.2 Å². The molecule has 1 aromatic carbocycles. The number of likely N-dealkylation sites (N-methyl/N-ethyl adjacent to an activating group) is 1. The van der Waals surface area contributed by atoms with Gasteiger partial charge in [0.2, 0.25) is 0 Å². The maximum atomic E-state index is 4.66. The Balaban J connectivity index is 2.19. The molecule has 0 spiro atoms. The predicted molar refractivity (Wildman–Crippen MR) is 88.1 cm³/mol. The van der Waals surface area contributed by atoms with Gasteiger partial charge in [0.15, 0.2) is 5.13 Å². The molecular weight excluding hydrogens is 322 g/mol. The number of thiazole rings is 1. The number of aromatic nitrogens is 1. The molecule has 104 valence electrons. The lowest BCUT2D eigenvalue weighted by Crippen LogP contribution is -2.36. The van der Waals surface area contributed by atoms with Crippen molar-refractivity contribution in [3.8, 4) is 0 Å². The van der Waals surface area contributed by atoms with Gasteiger partial charge in [-0.2, -0.15) is 0 Å². The molecule has 2 aromatic rings. The lowest BCUT2D eigenvalue weighted by molar-refractivity contribution is 0.344. The SMILES string of the molecule is CC(C)C(CN(C)C)Nc1nc2cc(Br)ccc2s1. The molecule has 0 bridgehead atoms. The summed E-state index contributed by atoms with van der Waals surface area (Å²) >= 11 is 5.20. The lowest BCUT2D eigenvalue weighted by Gasteiger charge is -2.25. The van der Waals surface area contributed by atoms with Crippen molar-refractivity contribution >= 4 is 42.6 Å². The van der Waals surface area contributed by atoms with Crippen LogP contribution in [0.15, 0.2) is 22.7 Å². The van der Waals surface area contributed by atoms with E-state index >= 15 is 0 Å². The standard InChI is InChI=1S/C14H20BrN3S/c1-9(2)12(8-18(3)4)17-14-16-11-7-10(15)5-6-13(11)19-14/h5-7,9,12H,8H2,1-4H3,(H,16,17). The van der Waals surface area contributed by atoms with E-state index in [0.717, 1.165) is 21.7 Å². The summed E-state index contributed by atoms with van der Waals surface area (Å²) in [4.78, 5) is 6.87. The van der Waals surface area contributed by atoms with Gasteiger partial charge in [-0.15, -0.1) is 0 Å². The molecule has 1 heterocycles. The average molecular weight is 342 g/mol. The summed E-state index contributed by atoms with van der Waals surface area (Å²) in [6.45, 7) is 5.49. The van der Waals surface area contributed by atoms with Crippen molar-refractivity contribution in [1.82, 2.24) is 9.88 Å². The number of rotatable bonds is 5. The molecular formula is C14H20BrN3S. The van der Waals surface area contributed by atoms with Crippen LogP contribution < -0.4 is 5.32 Å². The van der Waals surface area contributed by atoms with Crippen LogP contribution in [0.1, 0.15) is 13.8 Å². The maximum Gasteiger partial charge on any atom is 0.184 e. The fourth-order valence-corrected chi connectivity index (χ4v) is 3.19. The lowest BCUT2D eigenvalue weighted by atomic mass is 10.0. The molecule has 0 fully saturated rings. The molecule has 0 aliphatic heterocycles.